The number of imidazole rings is 1. The molecule has 0 bridgehead atoms. The first-order valence-corrected chi connectivity index (χ1v) is 10.6. The average molecular weight is 442 g/mol. The highest BCUT2D eigenvalue weighted by atomic mass is 16.5. The standard InChI is InChI=1S/C24H22N6O3/c1-13-6-7-17(24(32)28-18-8-9-18)11-19(13)30-12-26-20(22(30)25)21(31)15-4-3-5-16(10-15)23-27-14(2)33-29-23/h3-7,10-12,18H,8-9,25H2,1-2H3,(H,28,32). The highest BCUT2D eigenvalue weighted by Gasteiger charge is 2.25. The van der Waals surface area contributed by atoms with Crippen LogP contribution in [0.25, 0.3) is 17.1 Å². The fourth-order valence-electron chi connectivity index (χ4n) is 3.58. The second-order valence-electron chi connectivity index (χ2n) is 8.14. The maximum absolute atomic E-state index is 13.2. The topological polar surface area (TPSA) is 129 Å². The van der Waals surface area contributed by atoms with Crippen molar-refractivity contribution < 1.29 is 14.1 Å². The normalized spacial score (nSPS) is 13.2. The van der Waals surface area contributed by atoms with Gasteiger partial charge < -0.3 is 15.6 Å². The largest absolute Gasteiger partial charge is 0.383 e. The number of carbonyl (C=O) groups excluding carboxylic acids is 2. The lowest BCUT2D eigenvalue weighted by atomic mass is 10.0. The summed E-state index contributed by atoms with van der Waals surface area (Å²) in [5.41, 5.74) is 9.66. The smallest absolute Gasteiger partial charge is 0.251 e. The van der Waals surface area contributed by atoms with Gasteiger partial charge in [-0.25, -0.2) is 4.98 Å². The van der Waals surface area contributed by atoms with Crippen molar-refractivity contribution in [3.63, 3.8) is 0 Å². The van der Waals surface area contributed by atoms with Gasteiger partial charge in [-0.2, -0.15) is 4.98 Å². The van der Waals surface area contributed by atoms with Crippen molar-refractivity contribution in [3.05, 3.63) is 77.1 Å². The number of carbonyl (C=O) groups is 2. The van der Waals surface area contributed by atoms with E-state index in [9.17, 15) is 9.59 Å². The molecule has 0 unspecified atom stereocenters. The number of rotatable bonds is 6. The lowest BCUT2D eigenvalue weighted by molar-refractivity contribution is 0.0950. The van der Waals surface area contributed by atoms with E-state index in [0.717, 1.165) is 18.4 Å². The van der Waals surface area contributed by atoms with Crippen LogP contribution in [0.2, 0.25) is 0 Å². The third-order valence-electron chi connectivity index (χ3n) is 5.57. The summed E-state index contributed by atoms with van der Waals surface area (Å²) in [6.45, 7) is 3.61. The average Bonchev–Trinajstić information content (AvgIpc) is 3.39. The number of nitrogen functional groups attached to an aromatic ring is 1. The van der Waals surface area contributed by atoms with Crippen molar-refractivity contribution in [1.29, 1.82) is 0 Å². The quantitative estimate of drug-likeness (QED) is 0.439. The SMILES string of the molecule is Cc1nc(-c2cccc(C(=O)c3ncn(-c4cc(C(=O)NC5CC5)ccc4C)c3N)c2)no1. The molecule has 9 nitrogen and oxygen atoms in total. The molecule has 0 radical (unpaired) electrons. The zero-order valence-electron chi connectivity index (χ0n) is 18.2. The summed E-state index contributed by atoms with van der Waals surface area (Å²) in [6.07, 6.45) is 3.52. The minimum Gasteiger partial charge on any atom is -0.383 e. The summed E-state index contributed by atoms with van der Waals surface area (Å²) in [5, 5.41) is 6.88. The summed E-state index contributed by atoms with van der Waals surface area (Å²) in [7, 11) is 0. The third-order valence-corrected chi connectivity index (χ3v) is 5.57. The number of anilines is 1. The van der Waals surface area contributed by atoms with E-state index in [-0.39, 0.29) is 29.2 Å². The van der Waals surface area contributed by atoms with Gasteiger partial charge in [0.1, 0.15) is 12.1 Å². The van der Waals surface area contributed by atoms with Gasteiger partial charge >= 0.3 is 0 Å². The molecule has 5 rings (SSSR count). The van der Waals surface area contributed by atoms with Crippen molar-refractivity contribution in [2.24, 2.45) is 0 Å². The molecule has 1 amide bonds. The number of hydrogen-bond donors (Lipinski definition) is 2. The van der Waals surface area contributed by atoms with Crippen LogP contribution >= 0.6 is 0 Å². The maximum Gasteiger partial charge on any atom is 0.251 e. The molecule has 166 valence electrons. The Labute approximate surface area is 189 Å². The number of nitrogens with one attached hydrogen (secondary N) is 1. The van der Waals surface area contributed by atoms with E-state index in [1.807, 2.05) is 13.0 Å². The zero-order valence-corrected chi connectivity index (χ0v) is 18.2. The van der Waals surface area contributed by atoms with E-state index < -0.39 is 0 Å². The molecule has 0 saturated heterocycles. The van der Waals surface area contributed by atoms with Crippen LogP contribution in [0.15, 0.2) is 53.3 Å². The Morgan fingerprint density at radius 3 is 2.67 bits per heavy atom. The lowest BCUT2D eigenvalue weighted by Gasteiger charge is -2.12. The van der Waals surface area contributed by atoms with Crippen LogP contribution in [0.4, 0.5) is 5.82 Å². The summed E-state index contributed by atoms with van der Waals surface area (Å²) in [6, 6.07) is 12.6. The van der Waals surface area contributed by atoms with E-state index in [0.29, 0.717) is 34.1 Å². The zero-order chi connectivity index (χ0) is 23.1. The molecule has 33 heavy (non-hydrogen) atoms. The number of amides is 1. The first-order valence-electron chi connectivity index (χ1n) is 10.6. The van der Waals surface area contributed by atoms with Gasteiger partial charge in [0.2, 0.25) is 17.5 Å². The van der Waals surface area contributed by atoms with E-state index >= 15 is 0 Å². The number of nitrogens with two attached hydrogens (primary N) is 1. The van der Waals surface area contributed by atoms with Crippen LogP contribution in [0.3, 0.4) is 0 Å². The molecule has 1 fully saturated rings. The molecule has 2 aromatic carbocycles. The van der Waals surface area contributed by atoms with Gasteiger partial charge in [0.05, 0.1) is 5.69 Å². The lowest BCUT2D eigenvalue weighted by Crippen LogP contribution is -2.25. The number of ketones is 1. The molecule has 9 heteroatoms. The summed E-state index contributed by atoms with van der Waals surface area (Å²) < 4.78 is 6.66. The fourth-order valence-corrected chi connectivity index (χ4v) is 3.58. The first-order chi connectivity index (χ1) is 15.9. The Morgan fingerprint density at radius 2 is 1.94 bits per heavy atom. The summed E-state index contributed by atoms with van der Waals surface area (Å²) in [4.78, 5) is 34.2. The van der Waals surface area contributed by atoms with Gasteiger partial charge in [-0.3, -0.25) is 14.2 Å². The maximum atomic E-state index is 13.2. The molecule has 2 aromatic heterocycles. The number of nitrogens with zero attached hydrogens (tertiary/aromatic N) is 4. The summed E-state index contributed by atoms with van der Waals surface area (Å²) in [5.74, 6) is 0.588. The third kappa shape index (κ3) is 4.00. The molecule has 2 heterocycles. The number of aromatic nitrogens is 4. The molecule has 0 atom stereocenters. The Balaban J connectivity index is 1.46. The van der Waals surface area contributed by atoms with E-state index in [4.69, 9.17) is 10.3 Å². The molecular formula is C24H22N6O3. The van der Waals surface area contributed by atoms with Crippen LogP contribution in [0.1, 0.15) is 50.7 Å². The Morgan fingerprint density at radius 1 is 1.12 bits per heavy atom. The molecule has 0 aliphatic heterocycles. The predicted molar refractivity (Wildman–Crippen MR) is 121 cm³/mol. The number of aryl methyl sites for hydroxylation is 2. The van der Waals surface area contributed by atoms with Gasteiger partial charge in [0.25, 0.3) is 5.91 Å². The Kier molecular flexibility index (Phi) is 5.01. The van der Waals surface area contributed by atoms with Crippen molar-refractivity contribution in [2.45, 2.75) is 32.7 Å². The van der Waals surface area contributed by atoms with E-state index in [1.165, 1.54) is 6.33 Å². The van der Waals surface area contributed by atoms with Gasteiger partial charge in [-0.05, 0) is 43.5 Å². The minimum absolute atomic E-state index is 0.123. The van der Waals surface area contributed by atoms with Crippen LogP contribution in [0, 0.1) is 13.8 Å². The Bertz CT molecular complexity index is 1380. The van der Waals surface area contributed by atoms with Gasteiger partial charge in [-0.1, -0.05) is 29.4 Å². The van der Waals surface area contributed by atoms with E-state index in [2.05, 4.69) is 20.4 Å². The van der Waals surface area contributed by atoms with Crippen molar-refractivity contribution in [3.8, 4) is 17.1 Å². The second kappa shape index (κ2) is 8.01. The van der Waals surface area contributed by atoms with Gasteiger partial charge in [-0.15, -0.1) is 0 Å². The molecule has 4 aromatic rings. The second-order valence-corrected chi connectivity index (χ2v) is 8.14. The number of hydrogen-bond acceptors (Lipinski definition) is 7. The molecule has 1 saturated carbocycles. The predicted octanol–water partition coefficient (Wildman–Crippen LogP) is 3.24. The van der Waals surface area contributed by atoms with Crippen molar-refractivity contribution in [2.75, 3.05) is 5.73 Å². The Hall–Kier alpha value is -4.27. The molecule has 1 aliphatic rings. The molecular weight excluding hydrogens is 420 g/mol. The summed E-state index contributed by atoms with van der Waals surface area (Å²) >= 11 is 0. The van der Waals surface area contributed by atoms with Gasteiger partial charge in [0.15, 0.2) is 5.69 Å². The molecule has 0 spiro atoms. The number of benzene rings is 2. The minimum atomic E-state index is -0.325. The molecule has 1 aliphatic carbocycles. The molecule has 3 N–H and O–H groups in total. The first kappa shape index (κ1) is 20.6. The highest BCUT2D eigenvalue weighted by molar-refractivity contribution is 6.11. The van der Waals surface area contributed by atoms with Gasteiger partial charge in [0, 0.05) is 29.7 Å². The van der Waals surface area contributed by atoms with Crippen LogP contribution < -0.4 is 11.1 Å². The van der Waals surface area contributed by atoms with E-state index in [1.54, 1.807) is 47.9 Å². The van der Waals surface area contributed by atoms with Crippen molar-refractivity contribution >= 4 is 17.5 Å². The van der Waals surface area contributed by atoms with Crippen LogP contribution in [0.5, 0.6) is 0 Å². The highest BCUT2D eigenvalue weighted by Crippen LogP contribution is 2.26. The monoisotopic (exact) mass is 442 g/mol. The van der Waals surface area contributed by atoms with Crippen LogP contribution in [-0.4, -0.2) is 37.4 Å². The fraction of sp³-hybridized carbons (Fsp3) is 0.208. The van der Waals surface area contributed by atoms with Crippen LogP contribution in [-0.2, 0) is 0 Å². The van der Waals surface area contributed by atoms with Crippen molar-refractivity contribution in [1.82, 2.24) is 25.0 Å².